The Morgan fingerprint density at radius 3 is 1.94 bits per heavy atom. The van der Waals surface area contributed by atoms with Crippen LogP contribution in [0.25, 0.3) is 88.8 Å². The summed E-state index contributed by atoms with van der Waals surface area (Å²) < 4.78 is 28.3. The highest BCUT2D eigenvalue weighted by atomic mass is 16.5. The molecule has 320 valence electrons. The van der Waals surface area contributed by atoms with E-state index < -0.39 is 5.60 Å². The quantitative estimate of drug-likeness (QED) is 0.165. The van der Waals surface area contributed by atoms with Crippen molar-refractivity contribution in [3.05, 3.63) is 205 Å². The number of fused-ring (bicyclic) bond motifs is 12. The van der Waals surface area contributed by atoms with Crippen LogP contribution in [0.2, 0.25) is 0 Å². The molecule has 0 saturated carbocycles. The first-order valence-corrected chi connectivity index (χ1v) is 23.8. The van der Waals surface area contributed by atoms with Gasteiger partial charge in [0.1, 0.15) is 34.4 Å². The molecular weight excluding hydrogens is 834 g/mol. The lowest BCUT2D eigenvalue weighted by atomic mass is 9.30. The van der Waals surface area contributed by atoms with Crippen LogP contribution in [0.4, 0.5) is 0 Å². The van der Waals surface area contributed by atoms with E-state index in [9.17, 15) is 0 Å². The summed E-state index contributed by atoms with van der Waals surface area (Å²) in [5, 5.41) is 6.23. The van der Waals surface area contributed by atoms with Crippen molar-refractivity contribution in [3.8, 4) is 51.2 Å². The number of benzene rings is 8. The van der Waals surface area contributed by atoms with Gasteiger partial charge in [-0.3, -0.25) is 0 Å². The van der Waals surface area contributed by atoms with Crippen molar-refractivity contribution in [2.45, 2.75) is 31.8 Å². The topological polar surface area (TPSA) is 42.5 Å². The second-order valence-electron chi connectivity index (χ2n) is 19.1. The van der Waals surface area contributed by atoms with Crippen LogP contribution in [-0.2, 0) is 6.42 Å². The molecule has 8 aromatic carbocycles. The summed E-state index contributed by atoms with van der Waals surface area (Å²) in [6, 6.07) is 59.5. The normalized spacial score (nSPS) is 17.2. The first-order valence-electron chi connectivity index (χ1n) is 23.8. The van der Waals surface area contributed by atoms with Crippen molar-refractivity contribution in [2.24, 2.45) is 0 Å². The Balaban J connectivity index is 1.03. The molecule has 1 atom stereocenters. The molecule has 0 radical (unpaired) electrons. The van der Waals surface area contributed by atoms with E-state index in [0.29, 0.717) is 0 Å². The molecule has 2 aliphatic carbocycles. The molecule has 16 rings (SSSR count). The first-order chi connectivity index (χ1) is 33.6. The molecule has 3 aromatic heterocycles. The van der Waals surface area contributed by atoms with Gasteiger partial charge in [0, 0.05) is 78.2 Å². The lowest BCUT2D eigenvalue weighted by molar-refractivity contribution is 0.128. The Hall–Kier alpha value is -8.42. The highest BCUT2D eigenvalue weighted by Crippen LogP contribution is 2.52. The van der Waals surface area contributed by atoms with Crippen molar-refractivity contribution in [2.75, 3.05) is 0 Å². The fraction of sp³-hybridized carbons (Fsp3) is 0.0820. The molecule has 0 N–H and O–H groups in total. The van der Waals surface area contributed by atoms with Gasteiger partial charge in [-0.1, -0.05) is 109 Å². The molecular formula is C61H40BN3O3. The highest BCUT2D eigenvalue weighted by Gasteiger charge is 2.54. The minimum atomic E-state index is -0.518. The van der Waals surface area contributed by atoms with Crippen LogP contribution in [0.5, 0.6) is 23.0 Å². The second-order valence-corrected chi connectivity index (χ2v) is 19.1. The predicted octanol–water partition coefficient (Wildman–Crippen LogP) is 13.5. The third kappa shape index (κ3) is 4.63. The van der Waals surface area contributed by atoms with E-state index in [-0.39, 0.29) is 6.71 Å². The summed E-state index contributed by atoms with van der Waals surface area (Å²) >= 11 is 0. The molecule has 0 spiro atoms. The standard InChI is InChI=1S/C61H40BN3O3/c1-61-34-16-31-50-60(61)62-54-47(29-15-30-49(54)68-61)66-48-33-32-40(59(67-50)55(48)62)36-17-14-22-39(35-36)65-46-28-13-10-25-43(46)53-57-51(41-23-8-11-26-44(41)63(57)37-18-4-2-5-19-37)56-52(58(53)65)42-24-9-12-27-45(42)64(56)38-20-6-3-7-21-38/h2-11,13-26,28-33,35H,12,27,34H2,1H3. The molecule has 0 saturated heterocycles. The molecule has 6 nitrogen and oxygen atoms in total. The maximum atomic E-state index is 7.13. The largest absolute Gasteiger partial charge is 0.484 e. The number of hydrogen-bond acceptors (Lipinski definition) is 3. The smallest absolute Gasteiger partial charge is 0.266 e. The predicted molar refractivity (Wildman–Crippen MR) is 277 cm³/mol. The van der Waals surface area contributed by atoms with Crippen LogP contribution in [0.15, 0.2) is 193 Å². The summed E-state index contributed by atoms with van der Waals surface area (Å²) in [6.45, 7) is 2.17. The molecule has 11 aromatic rings. The van der Waals surface area contributed by atoms with E-state index in [1.54, 1.807) is 0 Å². The summed E-state index contributed by atoms with van der Waals surface area (Å²) in [7, 11) is 0. The zero-order chi connectivity index (χ0) is 44.4. The minimum Gasteiger partial charge on any atom is -0.484 e. The lowest BCUT2D eigenvalue weighted by Crippen LogP contribution is -2.62. The lowest BCUT2D eigenvalue weighted by Gasteiger charge is -2.47. The maximum Gasteiger partial charge on any atom is 0.266 e. The zero-order valence-electron chi connectivity index (χ0n) is 37.2. The van der Waals surface area contributed by atoms with E-state index in [1.165, 1.54) is 71.4 Å². The van der Waals surface area contributed by atoms with Gasteiger partial charge in [-0.2, -0.15) is 0 Å². The average Bonchev–Trinajstić information content (AvgIpc) is 4.03. The van der Waals surface area contributed by atoms with Crippen LogP contribution >= 0.6 is 0 Å². The molecule has 5 aliphatic rings. The van der Waals surface area contributed by atoms with E-state index in [2.05, 4.69) is 203 Å². The van der Waals surface area contributed by atoms with Crippen LogP contribution in [-0.4, -0.2) is 26.0 Å². The minimum absolute atomic E-state index is 0.0344. The van der Waals surface area contributed by atoms with Gasteiger partial charge < -0.3 is 27.9 Å². The van der Waals surface area contributed by atoms with Crippen LogP contribution < -0.4 is 25.1 Å². The molecule has 7 heteroatoms. The summed E-state index contributed by atoms with van der Waals surface area (Å²) in [4.78, 5) is 0. The Kier molecular flexibility index (Phi) is 7.10. The third-order valence-electron chi connectivity index (χ3n) is 15.5. The van der Waals surface area contributed by atoms with Crippen molar-refractivity contribution >= 4 is 78.2 Å². The van der Waals surface area contributed by atoms with E-state index in [1.807, 2.05) is 6.07 Å². The molecule has 6 heterocycles. The first kappa shape index (κ1) is 36.8. The van der Waals surface area contributed by atoms with Gasteiger partial charge in [-0.15, -0.1) is 0 Å². The number of hydrogen-bond donors (Lipinski definition) is 0. The van der Waals surface area contributed by atoms with Crippen molar-refractivity contribution in [3.63, 3.8) is 0 Å². The van der Waals surface area contributed by atoms with Gasteiger partial charge >= 0.3 is 0 Å². The maximum absolute atomic E-state index is 7.13. The summed E-state index contributed by atoms with van der Waals surface area (Å²) in [5.41, 5.74) is 16.9. The van der Waals surface area contributed by atoms with Gasteiger partial charge in [-0.05, 0) is 110 Å². The number of nitrogens with zero attached hydrogens (tertiary/aromatic N) is 3. The van der Waals surface area contributed by atoms with Crippen molar-refractivity contribution in [1.82, 2.24) is 13.7 Å². The third-order valence-corrected chi connectivity index (χ3v) is 15.5. The highest BCUT2D eigenvalue weighted by molar-refractivity contribution is 6.94. The fourth-order valence-electron chi connectivity index (χ4n) is 12.8. The number of para-hydroxylation sites is 4. The van der Waals surface area contributed by atoms with Gasteiger partial charge in [0.2, 0.25) is 0 Å². The van der Waals surface area contributed by atoms with Crippen LogP contribution in [0, 0.1) is 0 Å². The molecule has 1 unspecified atom stereocenters. The van der Waals surface area contributed by atoms with E-state index in [4.69, 9.17) is 14.2 Å². The molecule has 3 aliphatic heterocycles. The Morgan fingerprint density at radius 1 is 0.529 bits per heavy atom. The molecule has 0 bridgehead atoms. The van der Waals surface area contributed by atoms with Gasteiger partial charge in [-0.25, -0.2) is 0 Å². The Bertz CT molecular complexity index is 4170. The fourth-order valence-corrected chi connectivity index (χ4v) is 12.8. The number of allylic oxidation sites excluding steroid dienone is 2. The molecule has 0 amide bonds. The average molecular weight is 874 g/mol. The van der Waals surface area contributed by atoms with Gasteiger partial charge in [0.25, 0.3) is 6.71 Å². The zero-order valence-corrected chi connectivity index (χ0v) is 37.2. The summed E-state index contributed by atoms with van der Waals surface area (Å²) in [6.07, 6.45) is 11.8. The van der Waals surface area contributed by atoms with Gasteiger partial charge in [0.15, 0.2) is 0 Å². The SMILES string of the molecule is CC12CC=CC3=C1B1c4c(cccc4O2)Oc2ccc(-c4cccc(-n5c6ccccc6c6c5c5c7c(n(-c8ccccc8)c5c5c8ccccc8n(-c8ccccc8)c56)CCC=C7)c4)c(c21)O3. The van der Waals surface area contributed by atoms with E-state index in [0.717, 1.165) is 87.0 Å². The van der Waals surface area contributed by atoms with Crippen LogP contribution in [0.3, 0.4) is 0 Å². The van der Waals surface area contributed by atoms with E-state index >= 15 is 0 Å². The van der Waals surface area contributed by atoms with Crippen LogP contribution in [0.1, 0.15) is 31.0 Å². The number of aromatic nitrogens is 3. The Morgan fingerprint density at radius 2 is 1.16 bits per heavy atom. The number of rotatable bonds is 4. The van der Waals surface area contributed by atoms with Crippen molar-refractivity contribution < 1.29 is 14.2 Å². The number of ether oxygens (including phenoxy) is 3. The van der Waals surface area contributed by atoms with Gasteiger partial charge in [0.05, 0.1) is 27.6 Å². The molecule has 0 fully saturated rings. The summed E-state index contributed by atoms with van der Waals surface area (Å²) in [5.74, 6) is 4.29. The molecule has 68 heavy (non-hydrogen) atoms. The Labute approximate surface area is 391 Å². The van der Waals surface area contributed by atoms with Crippen molar-refractivity contribution in [1.29, 1.82) is 0 Å². The monoisotopic (exact) mass is 873 g/mol. The second kappa shape index (κ2) is 13.1.